The van der Waals surface area contributed by atoms with E-state index in [0.717, 1.165) is 10.9 Å². The summed E-state index contributed by atoms with van der Waals surface area (Å²) in [5.41, 5.74) is 17.5. The summed E-state index contributed by atoms with van der Waals surface area (Å²) in [6, 6.07) is 2.24. The zero-order chi connectivity index (χ0) is 30.0. The second-order valence-electron chi connectivity index (χ2n) is 9.68. The Balaban J connectivity index is 2.31. The number of H-pyrrole nitrogens is 1. The Morgan fingerprint density at radius 1 is 0.925 bits per heavy atom. The van der Waals surface area contributed by atoms with Gasteiger partial charge in [-0.05, 0) is 24.0 Å². The van der Waals surface area contributed by atoms with Crippen LogP contribution in [0.4, 0.5) is 0 Å². The van der Waals surface area contributed by atoms with Crippen molar-refractivity contribution in [2.75, 3.05) is 0 Å². The van der Waals surface area contributed by atoms with Crippen molar-refractivity contribution >= 4 is 46.4 Å². The maximum absolute atomic E-state index is 13.5. The highest BCUT2D eigenvalue weighted by Crippen LogP contribution is 2.20. The Morgan fingerprint density at radius 2 is 1.57 bits per heavy atom. The fraction of sp³-hybridized carbons (Fsp3) is 0.462. The first-order valence-corrected chi connectivity index (χ1v) is 12.8. The lowest BCUT2D eigenvalue weighted by molar-refractivity contribution is -0.143. The van der Waals surface area contributed by atoms with Crippen LogP contribution < -0.4 is 33.2 Å². The monoisotopic (exact) mass is 559 g/mol. The van der Waals surface area contributed by atoms with Gasteiger partial charge in [-0.15, -0.1) is 0 Å². The number of fused-ring (bicyclic) bond motifs is 1. The molecule has 0 radical (unpaired) electrons. The van der Waals surface area contributed by atoms with Gasteiger partial charge in [0.1, 0.15) is 18.1 Å². The average Bonchev–Trinajstić information content (AvgIpc) is 3.30. The number of carbonyl (C=O) groups is 6. The first-order valence-electron chi connectivity index (χ1n) is 12.8. The normalized spacial score (nSPS) is 14.8. The lowest BCUT2D eigenvalue weighted by Gasteiger charge is -2.28. The molecule has 11 N–H and O–H groups in total. The Hall–Kier alpha value is -4.46. The van der Waals surface area contributed by atoms with E-state index >= 15 is 0 Å². The van der Waals surface area contributed by atoms with Crippen LogP contribution in [-0.4, -0.2) is 69.8 Å². The van der Waals surface area contributed by atoms with E-state index in [1.54, 1.807) is 20.0 Å². The number of para-hydroxylation sites is 1. The van der Waals surface area contributed by atoms with E-state index < -0.39 is 72.0 Å². The van der Waals surface area contributed by atoms with Crippen molar-refractivity contribution in [2.24, 2.45) is 23.1 Å². The predicted molar refractivity (Wildman–Crippen MR) is 145 cm³/mol. The molecule has 40 heavy (non-hydrogen) atoms. The first kappa shape index (κ1) is 31.8. The summed E-state index contributed by atoms with van der Waals surface area (Å²) in [7, 11) is 0. The number of aromatic amines is 1. The van der Waals surface area contributed by atoms with Crippen LogP contribution in [0.25, 0.3) is 10.9 Å². The summed E-state index contributed by atoms with van der Waals surface area (Å²) in [6.07, 6.45) is 1.22. The van der Waals surface area contributed by atoms with Gasteiger partial charge in [-0.1, -0.05) is 38.5 Å². The van der Waals surface area contributed by atoms with E-state index in [0.29, 0.717) is 12.0 Å². The molecule has 0 aliphatic carbocycles. The van der Waals surface area contributed by atoms with Gasteiger partial charge >= 0.3 is 5.97 Å². The van der Waals surface area contributed by atoms with Crippen molar-refractivity contribution in [3.05, 3.63) is 36.0 Å². The van der Waals surface area contributed by atoms with Crippen LogP contribution in [0, 0.1) is 5.92 Å². The minimum absolute atomic E-state index is 0.0100. The van der Waals surface area contributed by atoms with Gasteiger partial charge in [-0.2, -0.15) is 0 Å². The third-order valence-corrected chi connectivity index (χ3v) is 6.58. The van der Waals surface area contributed by atoms with Gasteiger partial charge in [0, 0.05) is 29.9 Å². The lowest BCUT2D eigenvalue weighted by Crippen LogP contribution is -2.59. The third kappa shape index (κ3) is 9.08. The number of nitrogens with two attached hydrogens (primary N) is 3. The molecule has 0 spiro atoms. The Morgan fingerprint density at radius 3 is 2.17 bits per heavy atom. The Kier molecular flexibility index (Phi) is 11.6. The van der Waals surface area contributed by atoms with Gasteiger partial charge in [0.2, 0.25) is 29.5 Å². The standard InChI is InChI=1S/C26H37N7O7/c1-3-13(2)22(25(38)31-18(26(39)40)8-9-20(28)34)33-24(37)19(32-23(36)16(27)11-21(29)35)10-14-12-30-17-7-5-4-6-15(14)17/h4-7,12-13,16,18-19,22,30H,3,8-11,27H2,1-2H3,(H2,28,34)(H2,29,35)(H,31,38)(H,32,36)(H,33,37)(H,39,40). The van der Waals surface area contributed by atoms with Crippen LogP contribution >= 0.6 is 0 Å². The SMILES string of the molecule is CCC(C)C(NC(=O)C(Cc1c[nH]c2ccccc12)NC(=O)C(N)CC(N)=O)C(=O)NC(CCC(N)=O)C(=O)O. The van der Waals surface area contributed by atoms with Crippen molar-refractivity contribution in [1.29, 1.82) is 0 Å². The number of rotatable bonds is 16. The van der Waals surface area contributed by atoms with Gasteiger partial charge in [-0.3, -0.25) is 24.0 Å². The predicted octanol–water partition coefficient (Wildman–Crippen LogP) is -1.24. The highest BCUT2D eigenvalue weighted by molar-refractivity contribution is 5.96. The van der Waals surface area contributed by atoms with Crippen LogP contribution in [0.1, 0.15) is 45.1 Å². The number of aliphatic carboxylic acids is 1. The average molecular weight is 560 g/mol. The number of carboxylic acid groups (broad SMARTS) is 1. The second kappa shape index (κ2) is 14.6. The maximum Gasteiger partial charge on any atom is 0.326 e. The molecule has 5 unspecified atom stereocenters. The van der Waals surface area contributed by atoms with Gasteiger partial charge in [0.25, 0.3) is 0 Å². The van der Waals surface area contributed by atoms with Crippen molar-refractivity contribution in [1.82, 2.24) is 20.9 Å². The smallest absolute Gasteiger partial charge is 0.326 e. The summed E-state index contributed by atoms with van der Waals surface area (Å²) in [6.45, 7) is 3.48. The Bertz CT molecular complexity index is 1240. The maximum atomic E-state index is 13.5. The number of carboxylic acids is 1. The van der Waals surface area contributed by atoms with Crippen LogP contribution in [0.3, 0.4) is 0 Å². The quantitative estimate of drug-likeness (QED) is 0.123. The molecule has 2 aromatic rings. The number of primary amides is 2. The molecule has 0 bridgehead atoms. The van der Waals surface area contributed by atoms with Gasteiger partial charge in [0.05, 0.1) is 12.5 Å². The lowest BCUT2D eigenvalue weighted by atomic mass is 9.96. The molecule has 218 valence electrons. The molecule has 0 saturated carbocycles. The number of nitrogens with one attached hydrogen (secondary N) is 4. The highest BCUT2D eigenvalue weighted by Gasteiger charge is 2.33. The molecule has 5 atom stereocenters. The highest BCUT2D eigenvalue weighted by atomic mass is 16.4. The fourth-order valence-corrected chi connectivity index (χ4v) is 4.08. The molecule has 0 aliphatic rings. The van der Waals surface area contributed by atoms with Crippen molar-refractivity contribution in [2.45, 2.75) is 70.1 Å². The van der Waals surface area contributed by atoms with E-state index in [9.17, 15) is 33.9 Å². The molecule has 1 aromatic heterocycles. The van der Waals surface area contributed by atoms with Gasteiger partial charge in [0.15, 0.2) is 0 Å². The molecule has 1 heterocycles. The van der Waals surface area contributed by atoms with E-state index in [4.69, 9.17) is 17.2 Å². The number of aromatic nitrogens is 1. The molecular weight excluding hydrogens is 522 g/mol. The zero-order valence-corrected chi connectivity index (χ0v) is 22.4. The van der Waals surface area contributed by atoms with Crippen molar-refractivity contribution in [3.8, 4) is 0 Å². The second-order valence-corrected chi connectivity index (χ2v) is 9.68. The largest absolute Gasteiger partial charge is 0.480 e. The van der Waals surface area contributed by atoms with E-state index in [1.165, 1.54) is 0 Å². The molecule has 1 aromatic carbocycles. The van der Waals surface area contributed by atoms with Gasteiger partial charge in [-0.25, -0.2) is 4.79 Å². The molecule has 0 fully saturated rings. The van der Waals surface area contributed by atoms with Gasteiger partial charge < -0.3 is 43.2 Å². The number of amides is 5. The molecule has 0 saturated heterocycles. The number of carbonyl (C=O) groups excluding carboxylic acids is 5. The molecule has 14 heteroatoms. The van der Waals surface area contributed by atoms with Crippen LogP contribution in [0.5, 0.6) is 0 Å². The summed E-state index contributed by atoms with van der Waals surface area (Å²) in [5.74, 6) is -5.61. The van der Waals surface area contributed by atoms with E-state index in [1.807, 2.05) is 24.3 Å². The third-order valence-electron chi connectivity index (χ3n) is 6.58. The summed E-state index contributed by atoms with van der Waals surface area (Å²) in [4.78, 5) is 76.5. The summed E-state index contributed by atoms with van der Waals surface area (Å²) >= 11 is 0. The van der Waals surface area contributed by atoms with E-state index in [-0.39, 0.29) is 19.3 Å². The Labute approximate surface area is 230 Å². The minimum atomic E-state index is -1.41. The summed E-state index contributed by atoms with van der Waals surface area (Å²) in [5, 5.41) is 17.8. The van der Waals surface area contributed by atoms with E-state index in [2.05, 4.69) is 20.9 Å². The fourth-order valence-electron chi connectivity index (χ4n) is 4.08. The zero-order valence-electron chi connectivity index (χ0n) is 22.4. The van der Waals surface area contributed by atoms with Crippen molar-refractivity contribution in [3.63, 3.8) is 0 Å². The molecule has 14 nitrogen and oxygen atoms in total. The molecular formula is C26H37N7O7. The van der Waals surface area contributed by atoms with Crippen LogP contribution in [-0.2, 0) is 35.2 Å². The first-order chi connectivity index (χ1) is 18.8. The van der Waals surface area contributed by atoms with Crippen molar-refractivity contribution < 1.29 is 33.9 Å². The molecule has 5 amide bonds. The van der Waals surface area contributed by atoms with Crippen LogP contribution in [0.2, 0.25) is 0 Å². The number of hydrogen-bond donors (Lipinski definition) is 8. The van der Waals surface area contributed by atoms with Crippen LogP contribution in [0.15, 0.2) is 30.5 Å². The number of hydrogen-bond acceptors (Lipinski definition) is 7. The minimum Gasteiger partial charge on any atom is -0.480 e. The molecule has 0 aliphatic heterocycles. The molecule has 2 rings (SSSR count). The topological polar surface area (TPSA) is 253 Å². The summed E-state index contributed by atoms with van der Waals surface area (Å²) < 4.78 is 0. The number of benzene rings is 1.